The van der Waals surface area contributed by atoms with Crippen LogP contribution < -0.4 is 4.31 Å². The van der Waals surface area contributed by atoms with E-state index in [0.717, 1.165) is 30.2 Å². The average Bonchev–Trinajstić information content (AvgIpc) is 2.69. The molecule has 152 valence electrons. The lowest BCUT2D eigenvalue weighted by molar-refractivity contribution is 0.107. The Bertz CT molecular complexity index is 888. The number of likely N-dealkylation sites (tertiary alicyclic amines) is 1. The van der Waals surface area contributed by atoms with Crippen molar-refractivity contribution in [2.24, 2.45) is 0 Å². The first-order chi connectivity index (χ1) is 13.4. The molecular weight excluding hydrogens is 419 g/mol. The number of hydrogen-bond acceptors (Lipinski definition) is 4. The fraction of sp³-hybridized carbons (Fsp3) is 0.400. The summed E-state index contributed by atoms with van der Waals surface area (Å²) in [5.41, 5.74) is 0.260. The molecule has 1 N–H and O–H groups in total. The Morgan fingerprint density at radius 2 is 1.71 bits per heavy atom. The number of anilines is 1. The zero-order valence-corrected chi connectivity index (χ0v) is 17.8. The maximum absolute atomic E-state index is 13.3. The van der Waals surface area contributed by atoms with Gasteiger partial charge in [0, 0.05) is 11.6 Å². The van der Waals surface area contributed by atoms with Crippen LogP contribution in [0, 0.1) is 0 Å². The average molecular weight is 443 g/mol. The Morgan fingerprint density at radius 3 is 2.39 bits per heavy atom. The third-order valence-corrected chi connectivity index (χ3v) is 7.15. The summed E-state index contributed by atoms with van der Waals surface area (Å²) >= 11 is 12.4. The van der Waals surface area contributed by atoms with Crippen molar-refractivity contribution in [3.05, 3.63) is 58.6 Å². The highest BCUT2D eigenvalue weighted by molar-refractivity contribution is 7.92. The molecule has 0 unspecified atom stereocenters. The number of aliphatic hydroxyl groups is 1. The van der Waals surface area contributed by atoms with Crippen LogP contribution in [0.3, 0.4) is 0 Å². The molecule has 0 radical (unpaired) electrons. The molecule has 1 atom stereocenters. The molecule has 1 aliphatic rings. The molecule has 1 fully saturated rings. The van der Waals surface area contributed by atoms with Crippen LogP contribution in [-0.4, -0.2) is 50.7 Å². The third kappa shape index (κ3) is 5.19. The second-order valence-corrected chi connectivity index (χ2v) is 9.67. The Hall–Kier alpha value is -1.31. The van der Waals surface area contributed by atoms with Crippen LogP contribution in [0.2, 0.25) is 10.0 Å². The van der Waals surface area contributed by atoms with Gasteiger partial charge in [-0.25, -0.2) is 8.42 Å². The van der Waals surface area contributed by atoms with E-state index in [-0.39, 0.29) is 22.2 Å². The molecule has 28 heavy (non-hydrogen) atoms. The van der Waals surface area contributed by atoms with Crippen molar-refractivity contribution >= 4 is 38.9 Å². The molecule has 0 saturated carbocycles. The predicted molar refractivity (Wildman–Crippen MR) is 114 cm³/mol. The minimum Gasteiger partial charge on any atom is -0.390 e. The van der Waals surface area contributed by atoms with Gasteiger partial charge < -0.3 is 10.0 Å². The van der Waals surface area contributed by atoms with Crippen molar-refractivity contribution in [1.29, 1.82) is 0 Å². The molecule has 0 spiro atoms. The fourth-order valence-electron chi connectivity index (χ4n) is 3.41. The van der Waals surface area contributed by atoms with Crippen molar-refractivity contribution < 1.29 is 13.5 Å². The fourth-order valence-corrected chi connectivity index (χ4v) is 5.38. The number of rotatable bonds is 7. The van der Waals surface area contributed by atoms with Crippen LogP contribution in [0.25, 0.3) is 0 Å². The number of halogens is 2. The second kappa shape index (κ2) is 9.46. The van der Waals surface area contributed by atoms with Crippen molar-refractivity contribution in [3.63, 3.8) is 0 Å². The van der Waals surface area contributed by atoms with Gasteiger partial charge in [-0.2, -0.15) is 0 Å². The van der Waals surface area contributed by atoms with Gasteiger partial charge in [-0.3, -0.25) is 4.31 Å². The van der Waals surface area contributed by atoms with Crippen LogP contribution in [0.5, 0.6) is 0 Å². The highest BCUT2D eigenvalue weighted by Crippen LogP contribution is 2.33. The first-order valence-electron chi connectivity index (χ1n) is 9.31. The first kappa shape index (κ1) is 21.4. The number of β-amino-alcohol motifs (C(OH)–C–C–N with tert-alkyl or cyclic N) is 1. The van der Waals surface area contributed by atoms with Crippen LogP contribution in [0.1, 0.15) is 19.3 Å². The summed E-state index contributed by atoms with van der Waals surface area (Å²) < 4.78 is 27.8. The molecule has 1 aliphatic heterocycles. The van der Waals surface area contributed by atoms with Crippen LogP contribution in [-0.2, 0) is 10.0 Å². The van der Waals surface area contributed by atoms with Gasteiger partial charge in [0.2, 0.25) is 0 Å². The van der Waals surface area contributed by atoms with E-state index in [9.17, 15) is 13.5 Å². The van der Waals surface area contributed by atoms with Gasteiger partial charge in [0.05, 0.1) is 28.3 Å². The topological polar surface area (TPSA) is 60.9 Å². The Labute approximate surface area is 176 Å². The summed E-state index contributed by atoms with van der Waals surface area (Å²) in [5.74, 6) is 0. The quantitative estimate of drug-likeness (QED) is 0.702. The van der Waals surface area contributed by atoms with Crippen molar-refractivity contribution in [2.45, 2.75) is 30.3 Å². The molecular formula is C20H24Cl2N2O3S. The van der Waals surface area contributed by atoms with Crippen LogP contribution in [0.4, 0.5) is 5.69 Å². The Balaban J connectivity index is 1.91. The van der Waals surface area contributed by atoms with Crippen molar-refractivity contribution in [2.75, 3.05) is 30.5 Å². The molecule has 3 rings (SSSR count). The molecule has 2 aromatic rings. The van der Waals surface area contributed by atoms with Crippen LogP contribution in [0.15, 0.2) is 53.4 Å². The van der Waals surface area contributed by atoms with E-state index in [2.05, 4.69) is 4.90 Å². The van der Waals surface area contributed by atoms with E-state index in [0.29, 0.717) is 11.6 Å². The number of aliphatic hydroxyl groups excluding tert-OH is 1. The monoisotopic (exact) mass is 442 g/mol. The standard InChI is InChI=1S/C20H24Cl2N2O3S/c21-16-9-10-19(22)20(13-16)24(28(26,27)18-7-3-1-4-8-18)15-17(25)14-23-11-5-2-6-12-23/h1,3-4,7-10,13,17,25H,2,5-6,11-12,14-15H2/t17-/m1/s1. The normalized spacial score (nSPS) is 16.7. The minimum atomic E-state index is -3.92. The SMILES string of the molecule is O=S(=O)(c1ccccc1)N(C[C@H](O)CN1CCCCC1)c1cc(Cl)ccc1Cl. The molecule has 0 aliphatic carbocycles. The number of sulfonamides is 1. The number of benzene rings is 2. The Morgan fingerprint density at radius 1 is 1.04 bits per heavy atom. The van der Waals surface area contributed by atoms with Gasteiger partial charge in [0.1, 0.15) is 0 Å². The van der Waals surface area contributed by atoms with Gasteiger partial charge in [-0.05, 0) is 56.3 Å². The van der Waals surface area contributed by atoms with E-state index < -0.39 is 16.1 Å². The van der Waals surface area contributed by atoms with E-state index in [1.165, 1.54) is 24.6 Å². The largest absolute Gasteiger partial charge is 0.390 e. The minimum absolute atomic E-state index is 0.103. The zero-order chi connectivity index (χ0) is 20.1. The number of hydrogen-bond donors (Lipinski definition) is 1. The lowest BCUT2D eigenvalue weighted by Crippen LogP contribution is -2.44. The summed E-state index contributed by atoms with van der Waals surface area (Å²) in [6.45, 7) is 2.15. The van der Waals surface area contributed by atoms with Crippen molar-refractivity contribution in [3.8, 4) is 0 Å². The summed E-state index contributed by atoms with van der Waals surface area (Å²) in [6.07, 6.45) is 2.53. The summed E-state index contributed by atoms with van der Waals surface area (Å²) in [5, 5.41) is 11.3. The molecule has 8 heteroatoms. The molecule has 2 aromatic carbocycles. The third-order valence-electron chi connectivity index (χ3n) is 4.80. The highest BCUT2D eigenvalue weighted by Gasteiger charge is 2.29. The number of piperidine rings is 1. The van der Waals surface area contributed by atoms with E-state index in [4.69, 9.17) is 23.2 Å². The van der Waals surface area contributed by atoms with Gasteiger partial charge in [0.15, 0.2) is 0 Å². The van der Waals surface area contributed by atoms with E-state index >= 15 is 0 Å². The van der Waals surface area contributed by atoms with Crippen molar-refractivity contribution in [1.82, 2.24) is 4.90 Å². The smallest absolute Gasteiger partial charge is 0.264 e. The molecule has 5 nitrogen and oxygen atoms in total. The number of nitrogens with zero attached hydrogens (tertiary/aromatic N) is 2. The lowest BCUT2D eigenvalue weighted by atomic mass is 10.1. The second-order valence-electron chi connectivity index (χ2n) is 6.96. The molecule has 0 bridgehead atoms. The van der Waals surface area contributed by atoms with Gasteiger partial charge in [0.25, 0.3) is 10.0 Å². The van der Waals surface area contributed by atoms with Crippen LogP contribution >= 0.6 is 23.2 Å². The van der Waals surface area contributed by atoms with E-state index in [1.807, 2.05) is 0 Å². The summed E-state index contributed by atoms with van der Waals surface area (Å²) in [7, 11) is -3.92. The van der Waals surface area contributed by atoms with Gasteiger partial charge >= 0.3 is 0 Å². The predicted octanol–water partition coefficient (Wildman–Crippen LogP) is 4.04. The van der Waals surface area contributed by atoms with E-state index in [1.54, 1.807) is 30.3 Å². The first-order valence-corrected chi connectivity index (χ1v) is 11.5. The molecule has 0 aromatic heterocycles. The molecule has 0 amide bonds. The van der Waals surface area contributed by atoms with Gasteiger partial charge in [-0.15, -0.1) is 0 Å². The Kier molecular flexibility index (Phi) is 7.23. The molecule has 1 saturated heterocycles. The molecule has 1 heterocycles. The summed E-state index contributed by atoms with van der Waals surface area (Å²) in [6, 6.07) is 12.8. The van der Waals surface area contributed by atoms with Gasteiger partial charge in [-0.1, -0.05) is 47.8 Å². The summed E-state index contributed by atoms with van der Waals surface area (Å²) in [4.78, 5) is 2.30. The zero-order valence-electron chi connectivity index (χ0n) is 15.5. The highest BCUT2D eigenvalue weighted by atomic mass is 35.5. The lowest BCUT2D eigenvalue weighted by Gasteiger charge is -2.32. The maximum Gasteiger partial charge on any atom is 0.264 e. The maximum atomic E-state index is 13.3.